The lowest BCUT2D eigenvalue weighted by atomic mass is 9.89. The molecule has 0 spiro atoms. The molecule has 1 unspecified atom stereocenters. The molecule has 0 saturated carbocycles. The maximum absolute atomic E-state index is 11.5. The van der Waals surface area contributed by atoms with Crippen molar-refractivity contribution in [2.24, 2.45) is 5.92 Å². The quantitative estimate of drug-likeness (QED) is 0.512. The number of carboxylic acid groups (broad SMARTS) is 1. The first kappa shape index (κ1) is 20.3. The van der Waals surface area contributed by atoms with Gasteiger partial charge in [0.1, 0.15) is 5.54 Å². The Morgan fingerprint density at radius 2 is 1.76 bits per heavy atom. The van der Waals surface area contributed by atoms with Crippen LogP contribution in [0.25, 0.3) is 0 Å². The van der Waals surface area contributed by atoms with E-state index in [1.165, 1.54) is 0 Å². The molecule has 0 fully saturated rings. The molecular formula is C16H33NO4. The van der Waals surface area contributed by atoms with Gasteiger partial charge >= 0.3 is 5.97 Å². The predicted octanol–water partition coefficient (Wildman–Crippen LogP) is 2.69. The molecule has 126 valence electrons. The van der Waals surface area contributed by atoms with Gasteiger partial charge in [0.05, 0.1) is 13.2 Å². The number of hydrogen-bond donors (Lipinski definition) is 2. The van der Waals surface area contributed by atoms with Crippen LogP contribution in [0.5, 0.6) is 0 Å². The first-order valence-electron chi connectivity index (χ1n) is 8.00. The monoisotopic (exact) mass is 303 g/mol. The van der Waals surface area contributed by atoms with Gasteiger partial charge in [0.15, 0.2) is 0 Å². The number of hydrogen-bond acceptors (Lipinski definition) is 4. The molecule has 0 aliphatic rings. The largest absolute Gasteiger partial charge is 0.480 e. The lowest BCUT2D eigenvalue weighted by molar-refractivity contribution is -0.146. The van der Waals surface area contributed by atoms with Crippen LogP contribution in [-0.2, 0) is 14.3 Å². The summed E-state index contributed by atoms with van der Waals surface area (Å²) >= 11 is 0. The summed E-state index contributed by atoms with van der Waals surface area (Å²) in [6, 6.07) is 0.145. The molecule has 0 aliphatic carbocycles. The Kier molecular flexibility index (Phi) is 10.6. The van der Waals surface area contributed by atoms with Gasteiger partial charge in [-0.05, 0) is 39.0 Å². The van der Waals surface area contributed by atoms with E-state index in [0.29, 0.717) is 38.6 Å². The second-order valence-electron chi connectivity index (χ2n) is 6.22. The topological polar surface area (TPSA) is 67.8 Å². The van der Waals surface area contributed by atoms with E-state index in [1.54, 1.807) is 0 Å². The van der Waals surface area contributed by atoms with E-state index in [4.69, 9.17) is 9.47 Å². The van der Waals surface area contributed by atoms with Crippen molar-refractivity contribution in [2.45, 2.75) is 65.5 Å². The zero-order chi connectivity index (χ0) is 16.3. The van der Waals surface area contributed by atoms with Crippen LogP contribution in [0, 0.1) is 5.92 Å². The summed E-state index contributed by atoms with van der Waals surface area (Å²) in [5.74, 6) is -0.244. The van der Waals surface area contributed by atoms with Crippen LogP contribution in [0.1, 0.15) is 53.9 Å². The highest BCUT2D eigenvalue weighted by Crippen LogP contribution is 2.19. The molecule has 21 heavy (non-hydrogen) atoms. The first-order valence-corrected chi connectivity index (χ1v) is 8.00. The number of ether oxygens (including phenoxy) is 2. The van der Waals surface area contributed by atoms with E-state index in [9.17, 15) is 9.90 Å². The number of rotatable bonds is 13. The van der Waals surface area contributed by atoms with E-state index >= 15 is 0 Å². The molecule has 0 aromatic heterocycles. The van der Waals surface area contributed by atoms with Gasteiger partial charge in [-0.15, -0.1) is 0 Å². The molecule has 0 amide bonds. The van der Waals surface area contributed by atoms with Crippen LogP contribution in [-0.4, -0.2) is 49.1 Å². The molecule has 5 heteroatoms. The number of nitrogens with one attached hydrogen (secondary N) is 1. The summed E-state index contributed by atoms with van der Waals surface area (Å²) in [6.45, 7) is 12.5. The molecule has 1 atom stereocenters. The molecule has 0 saturated heterocycles. The highest BCUT2D eigenvalue weighted by molar-refractivity contribution is 5.78. The Hall–Kier alpha value is -0.650. The normalized spacial score (nSPS) is 14.6. The molecule has 0 radical (unpaired) electrons. The van der Waals surface area contributed by atoms with Crippen molar-refractivity contribution in [2.75, 3.05) is 26.4 Å². The molecule has 0 aliphatic heterocycles. The predicted molar refractivity (Wildman–Crippen MR) is 84.6 cm³/mol. The number of carboxylic acids is 1. The summed E-state index contributed by atoms with van der Waals surface area (Å²) in [5.41, 5.74) is -0.842. The van der Waals surface area contributed by atoms with E-state index in [-0.39, 0.29) is 6.04 Å². The first-order chi connectivity index (χ1) is 9.84. The van der Waals surface area contributed by atoms with Crippen LogP contribution < -0.4 is 5.32 Å². The minimum Gasteiger partial charge on any atom is -0.480 e. The SMILES string of the molecule is CCC(CCCOCCOCC(C)C)(NC(C)C)C(=O)O. The van der Waals surface area contributed by atoms with Crippen LogP contribution in [0.3, 0.4) is 0 Å². The zero-order valence-corrected chi connectivity index (χ0v) is 14.3. The lowest BCUT2D eigenvalue weighted by Crippen LogP contribution is -2.54. The van der Waals surface area contributed by atoms with Gasteiger partial charge in [-0.25, -0.2) is 0 Å². The average molecular weight is 303 g/mol. The van der Waals surface area contributed by atoms with E-state index in [0.717, 1.165) is 13.0 Å². The summed E-state index contributed by atoms with van der Waals surface area (Å²) < 4.78 is 10.9. The Labute approximate surface area is 129 Å². The minimum atomic E-state index is -0.842. The van der Waals surface area contributed by atoms with E-state index < -0.39 is 11.5 Å². The van der Waals surface area contributed by atoms with Crippen LogP contribution in [0.2, 0.25) is 0 Å². The Balaban J connectivity index is 3.91. The average Bonchev–Trinajstić information content (AvgIpc) is 2.39. The molecule has 0 aromatic carbocycles. The maximum atomic E-state index is 11.5. The molecule has 0 aromatic rings. The van der Waals surface area contributed by atoms with E-state index in [1.807, 2.05) is 20.8 Å². The van der Waals surface area contributed by atoms with Gasteiger partial charge in [-0.3, -0.25) is 10.1 Å². The minimum absolute atomic E-state index is 0.145. The van der Waals surface area contributed by atoms with Gasteiger partial charge in [-0.2, -0.15) is 0 Å². The third-order valence-corrected chi connectivity index (χ3v) is 3.29. The molecular weight excluding hydrogens is 270 g/mol. The second kappa shape index (κ2) is 11.0. The fraction of sp³-hybridized carbons (Fsp3) is 0.938. The van der Waals surface area contributed by atoms with Crippen molar-refractivity contribution in [3.05, 3.63) is 0 Å². The summed E-state index contributed by atoms with van der Waals surface area (Å²) in [6.07, 6.45) is 1.87. The van der Waals surface area contributed by atoms with Gasteiger partial charge in [0, 0.05) is 19.3 Å². The summed E-state index contributed by atoms with van der Waals surface area (Å²) in [7, 11) is 0. The van der Waals surface area contributed by atoms with Crippen molar-refractivity contribution in [1.29, 1.82) is 0 Å². The van der Waals surface area contributed by atoms with Crippen molar-refractivity contribution in [3.63, 3.8) is 0 Å². The van der Waals surface area contributed by atoms with Crippen LogP contribution >= 0.6 is 0 Å². The fourth-order valence-electron chi connectivity index (χ4n) is 2.24. The molecule has 2 N–H and O–H groups in total. The number of aliphatic carboxylic acids is 1. The van der Waals surface area contributed by atoms with E-state index in [2.05, 4.69) is 19.2 Å². The zero-order valence-electron chi connectivity index (χ0n) is 14.3. The summed E-state index contributed by atoms with van der Waals surface area (Å²) in [4.78, 5) is 11.5. The lowest BCUT2D eigenvalue weighted by Gasteiger charge is -2.31. The van der Waals surface area contributed by atoms with Gasteiger partial charge in [0.2, 0.25) is 0 Å². The Morgan fingerprint density at radius 1 is 1.14 bits per heavy atom. The number of carbonyl (C=O) groups is 1. The molecule has 5 nitrogen and oxygen atoms in total. The molecule has 0 bridgehead atoms. The standard InChI is InChI=1S/C16H33NO4/c1-6-16(15(18)19,17-14(4)5)8-7-9-20-10-11-21-12-13(2)3/h13-14,17H,6-12H2,1-5H3,(H,18,19). The second-order valence-corrected chi connectivity index (χ2v) is 6.22. The molecule has 0 rings (SSSR count). The fourth-order valence-corrected chi connectivity index (χ4v) is 2.24. The van der Waals surface area contributed by atoms with Gasteiger partial charge in [0.25, 0.3) is 0 Å². The Morgan fingerprint density at radius 3 is 2.24 bits per heavy atom. The van der Waals surface area contributed by atoms with Crippen molar-refractivity contribution in [3.8, 4) is 0 Å². The van der Waals surface area contributed by atoms with Crippen molar-refractivity contribution in [1.82, 2.24) is 5.32 Å². The van der Waals surface area contributed by atoms with Crippen molar-refractivity contribution >= 4 is 5.97 Å². The molecule has 0 heterocycles. The van der Waals surface area contributed by atoms with Gasteiger partial charge < -0.3 is 14.6 Å². The van der Waals surface area contributed by atoms with Crippen molar-refractivity contribution < 1.29 is 19.4 Å². The Bertz CT molecular complexity index is 281. The highest BCUT2D eigenvalue weighted by atomic mass is 16.5. The smallest absolute Gasteiger partial charge is 0.323 e. The maximum Gasteiger partial charge on any atom is 0.323 e. The van der Waals surface area contributed by atoms with Crippen LogP contribution in [0.4, 0.5) is 0 Å². The third kappa shape index (κ3) is 9.06. The highest BCUT2D eigenvalue weighted by Gasteiger charge is 2.36. The summed E-state index contributed by atoms with van der Waals surface area (Å²) in [5, 5.41) is 12.7. The van der Waals surface area contributed by atoms with Crippen LogP contribution in [0.15, 0.2) is 0 Å². The third-order valence-electron chi connectivity index (χ3n) is 3.29. The van der Waals surface area contributed by atoms with Gasteiger partial charge in [-0.1, -0.05) is 20.8 Å².